The van der Waals surface area contributed by atoms with E-state index in [1.165, 1.54) is 6.33 Å². The molecule has 0 unspecified atom stereocenters. The molecule has 5 heterocycles. The van der Waals surface area contributed by atoms with Gasteiger partial charge < -0.3 is 13.9 Å². The van der Waals surface area contributed by atoms with Gasteiger partial charge in [-0.25, -0.2) is 24.9 Å². The van der Waals surface area contributed by atoms with E-state index in [4.69, 9.17) is 9.72 Å². The second-order valence-corrected chi connectivity index (χ2v) is 10.7. The van der Waals surface area contributed by atoms with Gasteiger partial charge in [-0.3, -0.25) is 5.10 Å². The molecule has 0 spiro atoms. The topological polar surface area (TPSA) is 112 Å². The molecule has 5 aromatic heterocycles. The van der Waals surface area contributed by atoms with Gasteiger partial charge in [-0.2, -0.15) is 18.3 Å². The number of H-pyrrole nitrogens is 1. The highest BCUT2D eigenvalue weighted by Gasteiger charge is 2.35. The highest BCUT2D eigenvalue weighted by molar-refractivity contribution is 6.05. The summed E-state index contributed by atoms with van der Waals surface area (Å²) >= 11 is 0. The van der Waals surface area contributed by atoms with Crippen LogP contribution < -0.4 is 4.74 Å². The smallest absolute Gasteiger partial charge is 0.434 e. The third-order valence-corrected chi connectivity index (χ3v) is 7.56. The van der Waals surface area contributed by atoms with Crippen molar-refractivity contribution < 1.29 is 17.9 Å². The zero-order valence-corrected chi connectivity index (χ0v) is 23.0. The van der Waals surface area contributed by atoms with E-state index in [1.54, 1.807) is 36.2 Å². The molecule has 0 amide bonds. The van der Waals surface area contributed by atoms with Gasteiger partial charge in [0.2, 0.25) is 5.88 Å². The molecule has 10 nitrogen and oxygen atoms in total. The van der Waals surface area contributed by atoms with Gasteiger partial charge in [0.15, 0.2) is 11.5 Å². The Kier molecular flexibility index (Phi) is 5.99. The predicted octanol–water partition coefficient (Wildman–Crippen LogP) is 6.16. The summed E-state index contributed by atoms with van der Waals surface area (Å²) in [6, 6.07) is 7.17. The maximum atomic E-state index is 13.4. The van der Waals surface area contributed by atoms with E-state index in [9.17, 15) is 13.2 Å². The lowest BCUT2D eigenvalue weighted by atomic mass is 10.1. The Morgan fingerprint density at radius 1 is 1.02 bits per heavy atom. The summed E-state index contributed by atoms with van der Waals surface area (Å²) in [7, 11) is 1.57. The maximum absolute atomic E-state index is 13.4. The fourth-order valence-corrected chi connectivity index (χ4v) is 5.32. The number of rotatable bonds is 7. The predicted molar refractivity (Wildman–Crippen MR) is 149 cm³/mol. The number of aromatic nitrogens is 9. The van der Waals surface area contributed by atoms with Crippen molar-refractivity contribution in [1.82, 2.24) is 44.3 Å². The second-order valence-electron chi connectivity index (χ2n) is 10.7. The van der Waals surface area contributed by atoms with Crippen LogP contribution in [0, 0.1) is 0 Å². The number of methoxy groups -OCH3 is 1. The summed E-state index contributed by atoms with van der Waals surface area (Å²) in [4.78, 5) is 22.4. The molecule has 7 rings (SSSR count). The summed E-state index contributed by atoms with van der Waals surface area (Å²) < 4.78 is 49.3. The number of imidazole rings is 1. The zero-order valence-electron chi connectivity index (χ0n) is 23.0. The number of benzene rings is 1. The Labute approximate surface area is 237 Å². The first-order chi connectivity index (χ1) is 20.2. The summed E-state index contributed by atoms with van der Waals surface area (Å²) in [5.74, 6) is 1.51. The first-order valence-corrected chi connectivity index (χ1v) is 13.6. The lowest BCUT2D eigenvalue weighted by molar-refractivity contribution is -0.140. The number of hydrogen-bond acceptors (Lipinski definition) is 7. The van der Waals surface area contributed by atoms with E-state index in [1.807, 2.05) is 30.5 Å². The Bertz CT molecular complexity index is 1930. The van der Waals surface area contributed by atoms with Gasteiger partial charge in [0, 0.05) is 40.7 Å². The van der Waals surface area contributed by atoms with Crippen molar-refractivity contribution in [3.63, 3.8) is 0 Å². The van der Waals surface area contributed by atoms with Crippen molar-refractivity contribution in [2.45, 2.75) is 51.4 Å². The molecule has 0 saturated heterocycles. The average Bonchev–Trinajstić information content (AvgIpc) is 3.41. The van der Waals surface area contributed by atoms with Crippen molar-refractivity contribution in [3.05, 3.63) is 66.1 Å². The summed E-state index contributed by atoms with van der Waals surface area (Å²) in [5, 5.41) is 9.01. The Balaban J connectivity index is 1.29. The number of hydrogen-bond donors (Lipinski definition) is 1. The number of halogens is 3. The SMILES string of the molecule is COc1ncnc(C2CC2)c1-c1ncc2c3cn[nH]c3n(Cc3ccc(-c4nc(C(F)(F)F)cn4C(C)C)cc3)c2n1. The minimum Gasteiger partial charge on any atom is -0.480 e. The first kappa shape index (κ1) is 26.1. The molecular weight excluding hydrogens is 547 g/mol. The third-order valence-electron chi connectivity index (χ3n) is 7.56. The molecule has 214 valence electrons. The summed E-state index contributed by atoms with van der Waals surface area (Å²) in [5.41, 5.74) is 3.68. The number of ether oxygens (including phenoxy) is 1. The quantitative estimate of drug-likeness (QED) is 0.243. The van der Waals surface area contributed by atoms with Gasteiger partial charge in [-0.05, 0) is 32.3 Å². The molecule has 1 N–H and O–H groups in total. The van der Waals surface area contributed by atoms with Crippen LogP contribution in [-0.4, -0.2) is 51.4 Å². The largest absolute Gasteiger partial charge is 0.480 e. The highest BCUT2D eigenvalue weighted by Crippen LogP contribution is 2.45. The van der Waals surface area contributed by atoms with Gasteiger partial charge in [0.05, 0.1) is 25.5 Å². The van der Waals surface area contributed by atoms with Crippen molar-refractivity contribution in [2.24, 2.45) is 0 Å². The molecule has 1 saturated carbocycles. The Morgan fingerprint density at radius 2 is 1.81 bits per heavy atom. The third kappa shape index (κ3) is 4.35. The van der Waals surface area contributed by atoms with Crippen LogP contribution in [-0.2, 0) is 12.7 Å². The fraction of sp³-hybridized carbons (Fsp3) is 0.310. The van der Waals surface area contributed by atoms with E-state index >= 15 is 0 Å². The van der Waals surface area contributed by atoms with Crippen LogP contribution >= 0.6 is 0 Å². The van der Waals surface area contributed by atoms with Crippen molar-refractivity contribution in [2.75, 3.05) is 7.11 Å². The molecule has 0 bridgehead atoms. The van der Waals surface area contributed by atoms with E-state index in [0.717, 1.165) is 46.7 Å². The van der Waals surface area contributed by atoms with E-state index in [2.05, 4.69) is 30.1 Å². The van der Waals surface area contributed by atoms with Gasteiger partial charge in [-0.1, -0.05) is 24.3 Å². The summed E-state index contributed by atoms with van der Waals surface area (Å²) in [6.07, 6.45) is 3.67. The number of nitrogens with one attached hydrogen (secondary N) is 1. The van der Waals surface area contributed by atoms with Gasteiger partial charge in [-0.15, -0.1) is 0 Å². The molecule has 0 atom stereocenters. The maximum Gasteiger partial charge on any atom is 0.434 e. The molecule has 13 heteroatoms. The molecule has 1 aromatic carbocycles. The molecule has 1 aliphatic carbocycles. The van der Waals surface area contributed by atoms with Crippen LogP contribution in [0.2, 0.25) is 0 Å². The lowest BCUT2D eigenvalue weighted by Crippen LogP contribution is -2.05. The Morgan fingerprint density at radius 3 is 2.50 bits per heavy atom. The molecule has 6 aromatic rings. The first-order valence-electron chi connectivity index (χ1n) is 13.6. The van der Waals surface area contributed by atoms with Crippen LogP contribution in [0.15, 0.2) is 49.2 Å². The number of nitrogens with zero attached hydrogens (tertiary/aromatic N) is 8. The molecule has 1 fully saturated rings. The number of alkyl halides is 3. The molecule has 1 aliphatic rings. The zero-order chi connectivity index (χ0) is 29.2. The minimum absolute atomic E-state index is 0.189. The second kappa shape index (κ2) is 9.64. The van der Waals surface area contributed by atoms with E-state index in [-0.39, 0.29) is 11.9 Å². The average molecular weight is 574 g/mol. The van der Waals surface area contributed by atoms with Crippen molar-refractivity contribution in [1.29, 1.82) is 0 Å². The fourth-order valence-electron chi connectivity index (χ4n) is 5.32. The van der Waals surface area contributed by atoms with Crippen LogP contribution in [0.25, 0.3) is 44.8 Å². The normalized spacial score (nSPS) is 14.0. The summed E-state index contributed by atoms with van der Waals surface area (Å²) in [6.45, 7) is 4.09. The van der Waals surface area contributed by atoms with Gasteiger partial charge >= 0.3 is 6.18 Å². The molecule has 0 radical (unpaired) electrons. The van der Waals surface area contributed by atoms with E-state index in [0.29, 0.717) is 40.9 Å². The van der Waals surface area contributed by atoms with Gasteiger partial charge in [0.1, 0.15) is 29.0 Å². The highest BCUT2D eigenvalue weighted by atomic mass is 19.4. The van der Waals surface area contributed by atoms with Crippen LogP contribution in [0.3, 0.4) is 0 Å². The number of fused-ring (bicyclic) bond motifs is 3. The molecule has 0 aliphatic heterocycles. The van der Waals surface area contributed by atoms with Gasteiger partial charge in [0.25, 0.3) is 0 Å². The van der Waals surface area contributed by atoms with Crippen LogP contribution in [0.1, 0.15) is 55.6 Å². The minimum atomic E-state index is -4.52. The standard InChI is InChI=1S/C29H26F3N9O/c1-15(2)40-13-21(29(30,31)32)37-25(40)18-6-4-16(5-7-18)12-41-26-19(20-11-36-39-27(20)41)10-33-24(38-26)22-23(17-8-9-17)34-14-35-28(22)42-3/h4-7,10-11,13-15,17H,8-9,12H2,1-3H3,(H,36,39). The molecule has 42 heavy (non-hydrogen) atoms. The molecular formula is C29H26F3N9O. The van der Waals surface area contributed by atoms with Crippen molar-refractivity contribution >= 4 is 22.1 Å². The van der Waals surface area contributed by atoms with E-state index < -0.39 is 11.9 Å². The monoisotopic (exact) mass is 573 g/mol. The lowest BCUT2D eigenvalue weighted by Gasteiger charge is -2.12. The van der Waals surface area contributed by atoms with Crippen LogP contribution in [0.4, 0.5) is 13.2 Å². The van der Waals surface area contributed by atoms with Crippen LogP contribution in [0.5, 0.6) is 5.88 Å². The van der Waals surface area contributed by atoms with Crippen molar-refractivity contribution in [3.8, 4) is 28.7 Å². The Hall–Kier alpha value is -4.81. The number of aromatic amines is 1.